The summed E-state index contributed by atoms with van der Waals surface area (Å²) >= 11 is 0. The Kier molecular flexibility index (Phi) is 3.32. The molecule has 1 amide bonds. The summed E-state index contributed by atoms with van der Waals surface area (Å²) in [5, 5.41) is 0. The Morgan fingerprint density at radius 1 is 1.17 bits per heavy atom. The molecule has 0 atom stereocenters. The van der Waals surface area contributed by atoms with Crippen molar-refractivity contribution in [2.45, 2.75) is 56.5 Å². The van der Waals surface area contributed by atoms with Gasteiger partial charge in [0.1, 0.15) is 0 Å². The molecular weight excluding hydrogens is 226 g/mol. The maximum Gasteiger partial charge on any atom is 0.237 e. The summed E-state index contributed by atoms with van der Waals surface area (Å²) in [5.41, 5.74) is 6.18. The Balaban J connectivity index is 1.67. The van der Waals surface area contributed by atoms with Gasteiger partial charge in [-0.05, 0) is 25.7 Å². The second kappa shape index (κ2) is 4.82. The lowest BCUT2D eigenvalue weighted by Crippen LogP contribution is -2.62. The molecule has 4 nitrogen and oxygen atoms in total. The molecule has 0 spiro atoms. The zero-order valence-electron chi connectivity index (χ0n) is 11.2. The van der Waals surface area contributed by atoms with E-state index in [9.17, 15) is 4.79 Å². The molecule has 0 unspecified atom stereocenters. The van der Waals surface area contributed by atoms with Gasteiger partial charge < -0.3 is 10.6 Å². The first-order valence-corrected chi connectivity index (χ1v) is 7.50. The molecule has 2 aliphatic carbocycles. The lowest BCUT2D eigenvalue weighted by atomic mass is 9.80. The third-order valence-corrected chi connectivity index (χ3v) is 5.08. The van der Waals surface area contributed by atoms with Crippen molar-refractivity contribution in [2.75, 3.05) is 26.2 Å². The molecule has 0 aromatic carbocycles. The van der Waals surface area contributed by atoms with Gasteiger partial charge in [0.2, 0.25) is 5.91 Å². The Labute approximate surface area is 109 Å². The van der Waals surface area contributed by atoms with Crippen LogP contribution in [0, 0.1) is 0 Å². The molecule has 1 aliphatic heterocycles. The summed E-state index contributed by atoms with van der Waals surface area (Å²) in [6.45, 7) is 3.27. The molecular formula is C14H25N3O. The summed E-state index contributed by atoms with van der Waals surface area (Å²) in [6.07, 6.45) is 8.67. The lowest BCUT2D eigenvalue weighted by Gasteiger charge is -2.49. The fourth-order valence-corrected chi connectivity index (χ4v) is 3.72. The van der Waals surface area contributed by atoms with Crippen LogP contribution in [0.25, 0.3) is 0 Å². The molecule has 0 aromatic heterocycles. The van der Waals surface area contributed by atoms with Crippen LogP contribution in [0.5, 0.6) is 0 Å². The van der Waals surface area contributed by atoms with Crippen LogP contribution in [0.3, 0.4) is 0 Å². The average molecular weight is 251 g/mol. The van der Waals surface area contributed by atoms with E-state index in [0.29, 0.717) is 25.0 Å². The topological polar surface area (TPSA) is 49.6 Å². The van der Waals surface area contributed by atoms with Crippen LogP contribution in [-0.4, -0.2) is 53.5 Å². The predicted octanol–water partition coefficient (Wildman–Crippen LogP) is 0.955. The fraction of sp³-hybridized carbons (Fsp3) is 0.929. The van der Waals surface area contributed by atoms with Gasteiger partial charge in [-0.15, -0.1) is 0 Å². The van der Waals surface area contributed by atoms with E-state index in [2.05, 4.69) is 9.80 Å². The zero-order valence-corrected chi connectivity index (χ0v) is 11.2. The second-order valence-electron chi connectivity index (χ2n) is 6.23. The van der Waals surface area contributed by atoms with Crippen molar-refractivity contribution in [3.05, 3.63) is 0 Å². The highest BCUT2D eigenvalue weighted by atomic mass is 16.2. The van der Waals surface area contributed by atoms with Gasteiger partial charge in [0, 0.05) is 31.2 Å². The van der Waals surface area contributed by atoms with Crippen molar-refractivity contribution in [1.82, 2.24) is 9.80 Å². The van der Waals surface area contributed by atoms with Crippen molar-refractivity contribution in [2.24, 2.45) is 5.73 Å². The van der Waals surface area contributed by atoms with Gasteiger partial charge in [0.05, 0.1) is 6.54 Å². The van der Waals surface area contributed by atoms with Gasteiger partial charge in [0.15, 0.2) is 0 Å². The molecule has 0 radical (unpaired) electrons. The third kappa shape index (κ3) is 2.16. The zero-order chi connectivity index (χ0) is 12.6. The number of carbonyl (C=O) groups excluding carboxylic acids is 1. The standard InChI is InChI=1S/C14H25N3O/c15-11-14(6-2-1-3-7-14)16-8-9-17(12-4-5-12)13(18)10-16/h12H,1-11,15H2. The molecule has 102 valence electrons. The first-order chi connectivity index (χ1) is 8.75. The van der Waals surface area contributed by atoms with Gasteiger partial charge in [-0.1, -0.05) is 19.3 Å². The van der Waals surface area contributed by atoms with Crippen molar-refractivity contribution in [3.63, 3.8) is 0 Å². The van der Waals surface area contributed by atoms with Gasteiger partial charge in [-0.3, -0.25) is 9.69 Å². The number of hydrogen-bond donors (Lipinski definition) is 1. The van der Waals surface area contributed by atoms with Crippen LogP contribution in [0.4, 0.5) is 0 Å². The number of carbonyl (C=O) groups is 1. The number of rotatable bonds is 3. The quantitative estimate of drug-likeness (QED) is 0.812. The highest BCUT2D eigenvalue weighted by Crippen LogP contribution is 2.35. The monoisotopic (exact) mass is 251 g/mol. The highest BCUT2D eigenvalue weighted by Gasteiger charge is 2.42. The molecule has 3 rings (SSSR count). The first-order valence-electron chi connectivity index (χ1n) is 7.50. The van der Waals surface area contributed by atoms with Crippen LogP contribution in [0.1, 0.15) is 44.9 Å². The number of nitrogens with zero attached hydrogens (tertiary/aromatic N) is 2. The molecule has 0 bridgehead atoms. The first kappa shape index (κ1) is 12.4. The van der Waals surface area contributed by atoms with E-state index in [1.54, 1.807) is 0 Å². The van der Waals surface area contributed by atoms with Crippen molar-refractivity contribution < 1.29 is 4.79 Å². The molecule has 2 N–H and O–H groups in total. The van der Waals surface area contributed by atoms with Gasteiger partial charge in [-0.2, -0.15) is 0 Å². The molecule has 1 heterocycles. The van der Waals surface area contributed by atoms with Crippen LogP contribution < -0.4 is 5.73 Å². The SMILES string of the molecule is NCC1(N2CCN(C3CC3)C(=O)C2)CCCCC1. The van der Waals surface area contributed by atoms with Crippen molar-refractivity contribution in [1.29, 1.82) is 0 Å². The van der Waals surface area contributed by atoms with Crippen LogP contribution in [-0.2, 0) is 4.79 Å². The molecule has 2 saturated carbocycles. The molecule has 3 fully saturated rings. The summed E-state index contributed by atoms with van der Waals surface area (Å²) in [7, 11) is 0. The van der Waals surface area contributed by atoms with Gasteiger partial charge in [-0.25, -0.2) is 0 Å². The summed E-state index contributed by atoms with van der Waals surface area (Å²) in [4.78, 5) is 16.7. The highest BCUT2D eigenvalue weighted by molar-refractivity contribution is 5.79. The molecule has 1 saturated heterocycles. The second-order valence-corrected chi connectivity index (χ2v) is 6.23. The van der Waals surface area contributed by atoms with Crippen LogP contribution in [0.2, 0.25) is 0 Å². The number of nitrogens with two attached hydrogens (primary N) is 1. The lowest BCUT2D eigenvalue weighted by molar-refractivity contribution is -0.140. The largest absolute Gasteiger partial charge is 0.337 e. The maximum absolute atomic E-state index is 12.2. The van der Waals surface area contributed by atoms with Crippen molar-refractivity contribution >= 4 is 5.91 Å². The van der Waals surface area contributed by atoms with Gasteiger partial charge >= 0.3 is 0 Å². The van der Waals surface area contributed by atoms with E-state index in [4.69, 9.17) is 5.73 Å². The Bertz CT molecular complexity index is 321. The molecule has 0 aromatic rings. The number of piperazine rings is 1. The Morgan fingerprint density at radius 2 is 1.89 bits per heavy atom. The maximum atomic E-state index is 12.2. The predicted molar refractivity (Wildman–Crippen MR) is 71.2 cm³/mol. The normalized spacial score (nSPS) is 29.6. The smallest absolute Gasteiger partial charge is 0.237 e. The fourth-order valence-electron chi connectivity index (χ4n) is 3.72. The van der Waals surface area contributed by atoms with Gasteiger partial charge in [0.25, 0.3) is 0 Å². The number of amides is 1. The minimum Gasteiger partial charge on any atom is -0.337 e. The third-order valence-electron chi connectivity index (χ3n) is 5.08. The molecule has 18 heavy (non-hydrogen) atoms. The van der Waals surface area contributed by atoms with E-state index >= 15 is 0 Å². The molecule has 4 heteroatoms. The Hall–Kier alpha value is -0.610. The van der Waals surface area contributed by atoms with E-state index in [1.165, 1.54) is 44.9 Å². The minimum absolute atomic E-state index is 0.129. The summed E-state index contributed by atoms with van der Waals surface area (Å²) < 4.78 is 0. The molecule has 3 aliphatic rings. The van der Waals surface area contributed by atoms with E-state index in [-0.39, 0.29) is 5.54 Å². The number of hydrogen-bond acceptors (Lipinski definition) is 3. The van der Waals surface area contributed by atoms with Crippen molar-refractivity contribution in [3.8, 4) is 0 Å². The average Bonchev–Trinajstić information content (AvgIpc) is 3.24. The summed E-state index contributed by atoms with van der Waals surface area (Å²) in [6, 6.07) is 0.569. The van der Waals surface area contributed by atoms with Crippen LogP contribution in [0.15, 0.2) is 0 Å². The van der Waals surface area contributed by atoms with E-state index in [0.717, 1.165) is 13.1 Å². The summed E-state index contributed by atoms with van der Waals surface area (Å²) in [5.74, 6) is 0.335. The Morgan fingerprint density at radius 3 is 2.44 bits per heavy atom. The van der Waals surface area contributed by atoms with E-state index < -0.39 is 0 Å². The minimum atomic E-state index is 0.129. The van der Waals surface area contributed by atoms with Crippen LogP contribution >= 0.6 is 0 Å². The van der Waals surface area contributed by atoms with E-state index in [1.807, 2.05) is 0 Å².